The lowest BCUT2D eigenvalue weighted by molar-refractivity contribution is -0.112. The predicted octanol–water partition coefficient (Wildman–Crippen LogP) is 2.69. The second-order valence-electron chi connectivity index (χ2n) is 8.44. The molecule has 0 bridgehead atoms. The molecule has 1 N–H and O–H groups in total. The van der Waals surface area contributed by atoms with E-state index in [0.29, 0.717) is 16.5 Å². The van der Waals surface area contributed by atoms with Gasteiger partial charge in [0.25, 0.3) is 5.91 Å². The lowest BCUT2D eigenvalue weighted by Crippen LogP contribution is -2.65. The molecule has 4 rings (SSSR count). The Balaban J connectivity index is 1.49. The van der Waals surface area contributed by atoms with Crippen LogP contribution in [0.4, 0.5) is 0 Å². The average molecular weight is 303 g/mol. The van der Waals surface area contributed by atoms with Crippen LogP contribution in [0.1, 0.15) is 68.4 Å². The van der Waals surface area contributed by atoms with Crippen LogP contribution in [0.25, 0.3) is 0 Å². The summed E-state index contributed by atoms with van der Waals surface area (Å²) >= 11 is 0. The van der Waals surface area contributed by atoms with Gasteiger partial charge < -0.3 is 9.64 Å². The summed E-state index contributed by atoms with van der Waals surface area (Å²) in [6, 6.07) is 0. The second kappa shape index (κ2) is 4.34. The summed E-state index contributed by atoms with van der Waals surface area (Å²) in [6.07, 6.45) is 3.38. The number of amides is 1. The summed E-state index contributed by atoms with van der Waals surface area (Å²) in [7, 11) is 0. The van der Waals surface area contributed by atoms with Gasteiger partial charge >= 0.3 is 0 Å². The summed E-state index contributed by atoms with van der Waals surface area (Å²) in [4.78, 5) is 14.7. The third kappa shape index (κ3) is 2.02. The highest BCUT2D eigenvalue weighted by molar-refractivity contribution is 5.94. The van der Waals surface area contributed by atoms with Crippen molar-refractivity contribution in [3.63, 3.8) is 0 Å². The van der Waals surface area contributed by atoms with E-state index in [1.165, 1.54) is 12.8 Å². The van der Waals surface area contributed by atoms with Gasteiger partial charge in [-0.25, -0.2) is 0 Å². The van der Waals surface area contributed by atoms with Gasteiger partial charge in [0.15, 0.2) is 5.69 Å². The third-order valence-electron chi connectivity index (χ3n) is 5.48. The zero-order valence-corrected chi connectivity index (χ0v) is 13.9. The average Bonchev–Trinajstić information content (AvgIpc) is 2.75. The monoisotopic (exact) mass is 303 g/mol. The van der Waals surface area contributed by atoms with Crippen LogP contribution in [-0.4, -0.2) is 40.2 Å². The Morgan fingerprint density at radius 1 is 1.32 bits per heavy atom. The Bertz CT molecular complexity index is 618. The lowest BCUT2D eigenvalue weighted by atomic mass is 9.51. The van der Waals surface area contributed by atoms with Crippen molar-refractivity contribution in [2.75, 3.05) is 13.1 Å². The van der Waals surface area contributed by atoms with E-state index >= 15 is 0 Å². The Labute approximate surface area is 131 Å². The van der Waals surface area contributed by atoms with E-state index < -0.39 is 0 Å². The molecule has 1 amide bonds. The first-order valence-corrected chi connectivity index (χ1v) is 8.31. The molecule has 1 saturated heterocycles. The fourth-order valence-electron chi connectivity index (χ4n) is 5.11. The summed E-state index contributed by atoms with van der Waals surface area (Å²) in [5.74, 6) is 0.0918. The SMILES string of the molecule is C[C@@H]1Cc2c(C(=O)N3CC4(C3)CC(C)(C)C4)n[nH]c2[C@H](C)O1. The largest absolute Gasteiger partial charge is 0.369 e. The van der Waals surface area contributed by atoms with Gasteiger partial charge in [-0.1, -0.05) is 13.8 Å². The molecule has 5 heteroatoms. The maximum absolute atomic E-state index is 12.8. The molecule has 0 radical (unpaired) electrons. The number of carbonyl (C=O) groups excluding carboxylic acids is 1. The van der Waals surface area contributed by atoms with Crippen molar-refractivity contribution in [1.29, 1.82) is 0 Å². The first kappa shape index (κ1) is 14.2. The molecule has 1 aromatic heterocycles. The van der Waals surface area contributed by atoms with Crippen LogP contribution in [0.5, 0.6) is 0 Å². The molecule has 2 atom stereocenters. The molecule has 2 fully saturated rings. The number of hydrogen-bond donors (Lipinski definition) is 1. The molecule has 1 aliphatic carbocycles. The van der Waals surface area contributed by atoms with Crippen molar-refractivity contribution < 1.29 is 9.53 Å². The molecule has 3 aliphatic rings. The normalized spacial score (nSPS) is 31.4. The number of ether oxygens (including phenoxy) is 1. The number of hydrogen-bond acceptors (Lipinski definition) is 3. The van der Waals surface area contributed by atoms with Crippen molar-refractivity contribution in [3.8, 4) is 0 Å². The summed E-state index contributed by atoms with van der Waals surface area (Å²) < 4.78 is 5.79. The van der Waals surface area contributed by atoms with Crippen molar-refractivity contribution in [3.05, 3.63) is 17.0 Å². The number of rotatable bonds is 1. The molecule has 22 heavy (non-hydrogen) atoms. The van der Waals surface area contributed by atoms with Gasteiger partial charge in [0.05, 0.1) is 17.9 Å². The number of aromatic nitrogens is 2. The minimum absolute atomic E-state index is 0.0111. The van der Waals surface area contributed by atoms with Crippen molar-refractivity contribution in [2.45, 2.75) is 59.2 Å². The number of nitrogens with zero attached hydrogens (tertiary/aromatic N) is 2. The van der Waals surface area contributed by atoms with Gasteiger partial charge in [-0.05, 0) is 32.1 Å². The first-order valence-electron chi connectivity index (χ1n) is 8.31. The Morgan fingerprint density at radius 2 is 2.00 bits per heavy atom. The topological polar surface area (TPSA) is 58.2 Å². The summed E-state index contributed by atoms with van der Waals surface area (Å²) in [6.45, 7) is 10.5. The van der Waals surface area contributed by atoms with Crippen molar-refractivity contribution >= 4 is 5.91 Å². The van der Waals surface area contributed by atoms with Gasteiger partial charge in [-0.15, -0.1) is 0 Å². The smallest absolute Gasteiger partial charge is 0.274 e. The van der Waals surface area contributed by atoms with Crippen LogP contribution in [-0.2, 0) is 11.2 Å². The third-order valence-corrected chi connectivity index (χ3v) is 5.48. The van der Waals surface area contributed by atoms with Crippen LogP contribution in [0.15, 0.2) is 0 Å². The number of aromatic amines is 1. The van der Waals surface area contributed by atoms with E-state index in [0.717, 1.165) is 30.8 Å². The minimum atomic E-state index is -0.0111. The first-order chi connectivity index (χ1) is 10.3. The fraction of sp³-hybridized carbons (Fsp3) is 0.765. The van der Waals surface area contributed by atoms with E-state index in [9.17, 15) is 4.79 Å². The Morgan fingerprint density at radius 3 is 2.64 bits per heavy atom. The van der Waals surface area contributed by atoms with Crippen LogP contribution < -0.4 is 0 Å². The lowest BCUT2D eigenvalue weighted by Gasteiger charge is -2.62. The van der Waals surface area contributed by atoms with Gasteiger partial charge in [0.2, 0.25) is 0 Å². The molecule has 2 aliphatic heterocycles. The van der Waals surface area contributed by atoms with Crippen LogP contribution in [0.3, 0.4) is 0 Å². The van der Waals surface area contributed by atoms with Gasteiger partial charge in [0, 0.05) is 30.5 Å². The maximum Gasteiger partial charge on any atom is 0.274 e. The van der Waals surface area contributed by atoms with Crippen molar-refractivity contribution in [1.82, 2.24) is 15.1 Å². The molecule has 3 heterocycles. The standard InChI is InChI=1S/C17H25N3O2/c1-10-5-12-13(11(2)22-10)18-19-14(12)15(21)20-8-17(9-20)6-16(3,4)7-17/h10-11H,5-9H2,1-4H3,(H,18,19)/t10-,11+/m1/s1. The summed E-state index contributed by atoms with van der Waals surface area (Å²) in [5.41, 5.74) is 3.51. The van der Waals surface area contributed by atoms with Gasteiger partial charge in [-0.2, -0.15) is 5.10 Å². The number of nitrogens with one attached hydrogen (secondary N) is 1. The van der Waals surface area contributed by atoms with Gasteiger partial charge in [0.1, 0.15) is 0 Å². The van der Waals surface area contributed by atoms with Gasteiger partial charge in [-0.3, -0.25) is 9.89 Å². The quantitative estimate of drug-likeness (QED) is 0.868. The Hall–Kier alpha value is -1.36. The maximum atomic E-state index is 12.8. The van der Waals surface area contributed by atoms with Crippen molar-refractivity contribution in [2.24, 2.45) is 10.8 Å². The number of H-pyrrole nitrogens is 1. The van der Waals surface area contributed by atoms with Crippen LogP contribution in [0, 0.1) is 10.8 Å². The van der Waals surface area contributed by atoms with E-state index in [2.05, 4.69) is 31.0 Å². The zero-order valence-electron chi connectivity index (χ0n) is 13.9. The number of fused-ring (bicyclic) bond motifs is 1. The number of likely N-dealkylation sites (tertiary alicyclic amines) is 1. The molecule has 1 spiro atoms. The predicted molar refractivity (Wildman–Crippen MR) is 82.6 cm³/mol. The van der Waals surface area contributed by atoms with Crippen LogP contribution >= 0.6 is 0 Å². The molecule has 5 nitrogen and oxygen atoms in total. The molecule has 120 valence electrons. The second-order valence-corrected chi connectivity index (χ2v) is 8.44. The highest BCUT2D eigenvalue weighted by atomic mass is 16.5. The molecular formula is C17H25N3O2. The molecule has 1 aromatic rings. The zero-order chi connectivity index (χ0) is 15.7. The summed E-state index contributed by atoms with van der Waals surface area (Å²) in [5, 5.41) is 7.33. The number of carbonyl (C=O) groups is 1. The molecule has 1 saturated carbocycles. The highest BCUT2D eigenvalue weighted by Gasteiger charge is 2.57. The Kier molecular flexibility index (Phi) is 2.81. The van der Waals surface area contributed by atoms with E-state index in [4.69, 9.17) is 4.74 Å². The fourth-order valence-corrected chi connectivity index (χ4v) is 5.11. The molecule has 0 unspecified atom stereocenters. The molecule has 0 aromatic carbocycles. The van der Waals surface area contributed by atoms with E-state index in [-0.39, 0.29) is 18.1 Å². The van der Waals surface area contributed by atoms with Crippen LogP contribution in [0.2, 0.25) is 0 Å². The minimum Gasteiger partial charge on any atom is -0.369 e. The van der Waals surface area contributed by atoms with E-state index in [1.807, 2.05) is 11.8 Å². The molecular weight excluding hydrogens is 278 g/mol. The van der Waals surface area contributed by atoms with E-state index in [1.54, 1.807) is 0 Å². The highest BCUT2D eigenvalue weighted by Crippen LogP contribution is 2.58.